The van der Waals surface area contributed by atoms with Gasteiger partial charge in [0.1, 0.15) is 11.5 Å². The van der Waals surface area contributed by atoms with Crippen molar-refractivity contribution in [2.24, 2.45) is 0 Å². The number of carbonyl (C=O) groups excluding carboxylic acids is 1. The number of hydrogen-bond donors (Lipinski definition) is 2. The molecule has 3 rings (SSSR count). The lowest BCUT2D eigenvalue weighted by Crippen LogP contribution is -3.15. The van der Waals surface area contributed by atoms with Gasteiger partial charge in [0.05, 0.1) is 50.8 Å². The molecular weight excluding hydrogens is 330 g/mol. The largest absolute Gasteiger partial charge is 0.492 e. The summed E-state index contributed by atoms with van der Waals surface area (Å²) in [5, 5.41) is 3.01. The highest BCUT2D eigenvalue weighted by Gasteiger charge is 2.24. The molecule has 1 aromatic heterocycles. The van der Waals surface area contributed by atoms with E-state index in [9.17, 15) is 4.79 Å². The van der Waals surface area contributed by atoms with Gasteiger partial charge in [0.15, 0.2) is 6.54 Å². The van der Waals surface area contributed by atoms with Crippen molar-refractivity contribution in [1.82, 2.24) is 5.32 Å². The number of nitrogens with zero attached hydrogens (tertiary/aromatic N) is 1. The van der Waals surface area contributed by atoms with E-state index in [2.05, 4.69) is 16.3 Å². The molecule has 2 heterocycles. The molecule has 1 aliphatic heterocycles. The Kier molecular flexibility index (Phi) is 6.17. The van der Waals surface area contributed by atoms with Gasteiger partial charge >= 0.3 is 0 Å². The third-order valence-corrected chi connectivity index (χ3v) is 4.73. The molecule has 1 amide bonds. The first kappa shape index (κ1) is 18.3. The summed E-state index contributed by atoms with van der Waals surface area (Å²) in [6.45, 7) is 8.80. The molecule has 0 radical (unpaired) electrons. The molecule has 6 heteroatoms. The van der Waals surface area contributed by atoms with E-state index in [-0.39, 0.29) is 11.9 Å². The number of ether oxygens (including phenoxy) is 1. The van der Waals surface area contributed by atoms with Crippen LogP contribution in [0.4, 0.5) is 5.69 Å². The summed E-state index contributed by atoms with van der Waals surface area (Å²) < 4.78 is 11.1. The monoisotopic (exact) mass is 358 g/mol. The number of carbonyl (C=O) groups is 1. The molecule has 0 aliphatic carbocycles. The Morgan fingerprint density at radius 3 is 2.73 bits per heavy atom. The lowest BCUT2D eigenvalue weighted by molar-refractivity contribution is -0.892. The molecule has 0 bridgehead atoms. The average molecular weight is 358 g/mol. The number of hydrogen-bond acceptors (Lipinski definition) is 4. The van der Waals surface area contributed by atoms with Crippen LogP contribution < -0.4 is 19.9 Å². The number of piperazine rings is 1. The number of para-hydroxylation sites is 2. The summed E-state index contributed by atoms with van der Waals surface area (Å²) in [7, 11) is 0. The zero-order chi connectivity index (χ0) is 18.4. The van der Waals surface area contributed by atoms with Crippen LogP contribution in [-0.4, -0.2) is 45.2 Å². The van der Waals surface area contributed by atoms with E-state index in [1.807, 2.05) is 44.2 Å². The fraction of sp³-hybridized carbons (Fsp3) is 0.450. The van der Waals surface area contributed by atoms with Crippen LogP contribution in [-0.2, 0) is 4.79 Å². The van der Waals surface area contributed by atoms with E-state index in [4.69, 9.17) is 9.15 Å². The third-order valence-electron chi connectivity index (χ3n) is 4.73. The summed E-state index contributed by atoms with van der Waals surface area (Å²) >= 11 is 0. The fourth-order valence-corrected chi connectivity index (χ4v) is 3.36. The third kappa shape index (κ3) is 4.58. The molecular formula is C20H28N3O3+. The zero-order valence-electron chi connectivity index (χ0n) is 15.5. The lowest BCUT2D eigenvalue weighted by atomic mass is 10.2. The number of nitrogens with one attached hydrogen (secondary N) is 2. The van der Waals surface area contributed by atoms with Crippen LogP contribution in [0.1, 0.15) is 25.6 Å². The number of benzene rings is 1. The highest BCUT2D eigenvalue weighted by molar-refractivity contribution is 5.77. The van der Waals surface area contributed by atoms with Crippen LogP contribution in [0.15, 0.2) is 47.1 Å². The Balaban J connectivity index is 1.49. The smallest absolute Gasteiger partial charge is 0.275 e. The van der Waals surface area contributed by atoms with Crippen molar-refractivity contribution < 1.29 is 18.8 Å². The molecule has 1 fully saturated rings. The van der Waals surface area contributed by atoms with Crippen molar-refractivity contribution in [3.63, 3.8) is 0 Å². The molecule has 1 saturated heterocycles. The first-order valence-corrected chi connectivity index (χ1v) is 9.30. The van der Waals surface area contributed by atoms with Crippen LogP contribution in [0, 0.1) is 0 Å². The minimum atomic E-state index is -0.101. The van der Waals surface area contributed by atoms with Crippen LogP contribution in [0.3, 0.4) is 0 Å². The summed E-state index contributed by atoms with van der Waals surface area (Å²) in [6.07, 6.45) is 1.63. The van der Waals surface area contributed by atoms with Gasteiger partial charge in [-0.05, 0) is 38.1 Å². The Labute approximate surface area is 154 Å². The standard InChI is InChI=1S/C20H27N3O3/c1-3-25-19-8-5-4-7-17(19)23-12-10-22(11-13-23)15-20(24)21-16(2)18-9-6-14-26-18/h4-9,14,16H,3,10-13,15H2,1-2H3,(H,21,24)/p+1/t16-/m0/s1. The van der Waals surface area contributed by atoms with Crippen molar-refractivity contribution >= 4 is 11.6 Å². The van der Waals surface area contributed by atoms with Gasteiger partial charge in [0.2, 0.25) is 0 Å². The molecule has 0 spiro atoms. The maximum Gasteiger partial charge on any atom is 0.275 e. The molecule has 0 saturated carbocycles. The first-order valence-electron chi connectivity index (χ1n) is 9.30. The SMILES string of the molecule is CCOc1ccccc1N1CC[NH+](CC(=O)N[C@@H](C)c2ccco2)CC1. The number of furan rings is 1. The summed E-state index contributed by atoms with van der Waals surface area (Å²) in [4.78, 5) is 16.0. The van der Waals surface area contributed by atoms with Crippen LogP contribution >= 0.6 is 0 Å². The van der Waals surface area contributed by atoms with Crippen LogP contribution in [0.2, 0.25) is 0 Å². The maximum atomic E-state index is 12.3. The fourth-order valence-electron chi connectivity index (χ4n) is 3.36. The minimum absolute atomic E-state index is 0.0621. The average Bonchev–Trinajstić information content (AvgIpc) is 3.18. The molecule has 6 nitrogen and oxygen atoms in total. The van der Waals surface area contributed by atoms with Gasteiger partial charge in [-0.3, -0.25) is 4.79 Å². The van der Waals surface area contributed by atoms with E-state index in [0.29, 0.717) is 13.2 Å². The quantitative estimate of drug-likeness (QED) is 0.782. The Morgan fingerprint density at radius 2 is 2.04 bits per heavy atom. The second kappa shape index (κ2) is 8.76. The van der Waals surface area contributed by atoms with Crippen molar-refractivity contribution in [1.29, 1.82) is 0 Å². The van der Waals surface area contributed by atoms with E-state index < -0.39 is 0 Å². The molecule has 1 aromatic carbocycles. The molecule has 2 N–H and O–H groups in total. The van der Waals surface area contributed by atoms with Crippen molar-refractivity contribution in [3.8, 4) is 5.75 Å². The summed E-state index contributed by atoms with van der Waals surface area (Å²) in [5.74, 6) is 1.78. The second-order valence-corrected chi connectivity index (χ2v) is 6.62. The summed E-state index contributed by atoms with van der Waals surface area (Å²) in [6, 6.07) is 11.8. The van der Waals surface area contributed by atoms with E-state index in [0.717, 1.165) is 43.4 Å². The zero-order valence-corrected chi connectivity index (χ0v) is 15.5. The summed E-state index contributed by atoms with van der Waals surface area (Å²) in [5.41, 5.74) is 1.14. The van der Waals surface area contributed by atoms with Gasteiger partial charge in [-0.1, -0.05) is 12.1 Å². The Morgan fingerprint density at radius 1 is 1.27 bits per heavy atom. The van der Waals surface area contributed by atoms with Crippen LogP contribution in [0.5, 0.6) is 5.75 Å². The first-order chi connectivity index (χ1) is 12.7. The minimum Gasteiger partial charge on any atom is -0.492 e. The van der Waals surface area contributed by atoms with Crippen molar-refractivity contribution in [2.45, 2.75) is 19.9 Å². The van der Waals surface area contributed by atoms with Crippen molar-refractivity contribution in [2.75, 3.05) is 44.2 Å². The highest BCUT2D eigenvalue weighted by atomic mass is 16.5. The Bertz CT molecular complexity index is 694. The number of amides is 1. The van der Waals surface area contributed by atoms with Gasteiger partial charge in [0.25, 0.3) is 5.91 Å². The van der Waals surface area contributed by atoms with Crippen molar-refractivity contribution in [3.05, 3.63) is 48.4 Å². The van der Waals surface area contributed by atoms with E-state index in [1.54, 1.807) is 6.26 Å². The van der Waals surface area contributed by atoms with Crippen LogP contribution in [0.25, 0.3) is 0 Å². The number of quaternary nitrogens is 1. The van der Waals surface area contributed by atoms with Gasteiger partial charge in [0, 0.05) is 0 Å². The Hall–Kier alpha value is -2.47. The van der Waals surface area contributed by atoms with Gasteiger partial charge in [-0.2, -0.15) is 0 Å². The number of rotatable bonds is 7. The molecule has 140 valence electrons. The molecule has 26 heavy (non-hydrogen) atoms. The van der Waals surface area contributed by atoms with Gasteiger partial charge < -0.3 is 24.3 Å². The molecule has 1 atom stereocenters. The predicted octanol–water partition coefficient (Wildman–Crippen LogP) is 1.26. The number of anilines is 1. The normalized spacial score (nSPS) is 16.3. The highest BCUT2D eigenvalue weighted by Crippen LogP contribution is 2.27. The molecule has 0 unspecified atom stereocenters. The topological polar surface area (TPSA) is 59.2 Å². The molecule has 1 aliphatic rings. The van der Waals surface area contributed by atoms with Gasteiger partial charge in [-0.25, -0.2) is 0 Å². The van der Waals surface area contributed by atoms with Gasteiger partial charge in [-0.15, -0.1) is 0 Å². The lowest BCUT2D eigenvalue weighted by Gasteiger charge is -2.34. The van der Waals surface area contributed by atoms with E-state index >= 15 is 0 Å². The predicted molar refractivity (Wildman–Crippen MR) is 101 cm³/mol. The maximum absolute atomic E-state index is 12.3. The second-order valence-electron chi connectivity index (χ2n) is 6.62. The molecule has 2 aromatic rings. The van der Waals surface area contributed by atoms with E-state index in [1.165, 1.54) is 4.90 Å².